The van der Waals surface area contributed by atoms with Gasteiger partial charge in [0, 0.05) is 31.4 Å². The molecule has 6 nitrogen and oxygen atoms in total. The summed E-state index contributed by atoms with van der Waals surface area (Å²) in [5.74, 6) is -1.44. The Bertz CT molecular complexity index is 1450. The molecule has 1 fully saturated rings. The standard InChI is InChI=1S/C33H34FN3O3/c1-37(2)27-14-11-24(12-15-27)28-16-10-23(20-26(28)22-35)21-33(18-5-4-6-19-33)32(39)36-29-9-7-8-25(31(29)34)13-17-30(38)40-3/h7-17,20H,4-6,18-19,21H2,1-3H3,(H,36,39)/b17-13+. The quantitative estimate of drug-likeness (QED) is 0.253. The van der Waals surface area contributed by atoms with Crippen molar-refractivity contribution in [2.24, 2.45) is 5.41 Å². The van der Waals surface area contributed by atoms with Crippen molar-refractivity contribution < 1.29 is 18.7 Å². The fraction of sp³-hybridized carbons (Fsp3) is 0.303. The average Bonchev–Trinajstić information content (AvgIpc) is 2.97. The van der Waals surface area contributed by atoms with Crippen LogP contribution in [-0.4, -0.2) is 33.1 Å². The van der Waals surface area contributed by atoms with Gasteiger partial charge >= 0.3 is 5.97 Å². The first kappa shape index (κ1) is 28.6. The van der Waals surface area contributed by atoms with E-state index in [9.17, 15) is 14.9 Å². The third-order valence-corrected chi connectivity index (χ3v) is 7.61. The van der Waals surface area contributed by atoms with Gasteiger partial charge in [0.1, 0.15) is 0 Å². The van der Waals surface area contributed by atoms with E-state index in [-0.39, 0.29) is 17.2 Å². The first-order chi connectivity index (χ1) is 19.3. The number of esters is 1. The van der Waals surface area contributed by atoms with E-state index in [1.807, 2.05) is 61.5 Å². The maximum Gasteiger partial charge on any atom is 0.330 e. The van der Waals surface area contributed by atoms with E-state index in [0.29, 0.717) is 24.8 Å². The van der Waals surface area contributed by atoms with Crippen molar-refractivity contribution in [3.05, 3.63) is 89.2 Å². The monoisotopic (exact) mass is 539 g/mol. The van der Waals surface area contributed by atoms with Crippen molar-refractivity contribution in [2.45, 2.75) is 38.5 Å². The van der Waals surface area contributed by atoms with Crippen LogP contribution in [0.5, 0.6) is 0 Å². The Morgan fingerprint density at radius 1 is 1.07 bits per heavy atom. The molecule has 0 aliphatic heterocycles. The van der Waals surface area contributed by atoms with E-state index in [4.69, 9.17) is 0 Å². The lowest BCUT2D eigenvalue weighted by Crippen LogP contribution is -2.40. The summed E-state index contributed by atoms with van der Waals surface area (Å²) in [5.41, 5.74) is 3.85. The summed E-state index contributed by atoms with van der Waals surface area (Å²) in [7, 11) is 5.21. The summed E-state index contributed by atoms with van der Waals surface area (Å²) >= 11 is 0. The molecule has 0 bridgehead atoms. The van der Waals surface area contributed by atoms with Gasteiger partial charge in [-0.1, -0.05) is 55.7 Å². The maximum atomic E-state index is 15.2. The second kappa shape index (κ2) is 12.6. The van der Waals surface area contributed by atoms with Crippen LogP contribution in [0.4, 0.5) is 15.8 Å². The fourth-order valence-corrected chi connectivity index (χ4v) is 5.34. The lowest BCUT2D eigenvalue weighted by atomic mass is 9.69. The van der Waals surface area contributed by atoms with Crippen molar-refractivity contribution in [3.63, 3.8) is 0 Å². The zero-order chi connectivity index (χ0) is 28.7. The molecule has 0 radical (unpaired) electrons. The number of anilines is 2. The molecule has 0 heterocycles. The molecule has 0 aromatic heterocycles. The van der Waals surface area contributed by atoms with E-state index >= 15 is 4.39 Å². The lowest BCUT2D eigenvalue weighted by Gasteiger charge is -2.36. The third-order valence-electron chi connectivity index (χ3n) is 7.61. The van der Waals surface area contributed by atoms with E-state index in [1.54, 1.807) is 6.07 Å². The van der Waals surface area contributed by atoms with Crippen molar-refractivity contribution in [2.75, 3.05) is 31.4 Å². The topological polar surface area (TPSA) is 82.4 Å². The molecule has 0 atom stereocenters. The van der Waals surface area contributed by atoms with Crippen LogP contribution < -0.4 is 10.2 Å². The number of nitriles is 1. The van der Waals surface area contributed by atoms with Gasteiger partial charge in [0.15, 0.2) is 5.82 Å². The number of carbonyl (C=O) groups is 2. The summed E-state index contributed by atoms with van der Waals surface area (Å²) in [6.07, 6.45) is 7.12. The highest BCUT2D eigenvalue weighted by Crippen LogP contribution is 2.41. The smallest absolute Gasteiger partial charge is 0.330 e. The van der Waals surface area contributed by atoms with Crippen LogP contribution >= 0.6 is 0 Å². The summed E-state index contributed by atoms with van der Waals surface area (Å²) in [4.78, 5) is 27.2. The van der Waals surface area contributed by atoms with E-state index in [2.05, 4.69) is 16.1 Å². The van der Waals surface area contributed by atoms with Gasteiger partial charge in [-0.15, -0.1) is 0 Å². The molecule has 206 valence electrons. The van der Waals surface area contributed by atoms with Gasteiger partial charge in [-0.25, -0.2) is 9.18 Å². The van der Waals surface area contributed by atoms with Gasteiger partial charge in [-0.05, 0) is 66.3 Å². The molecule has 3 aromatic rings. The lowest BCUT2D eigenvalue weighted by molar-refractivity contribution is -0.134. The van der Waals surface area contributed by atoms with Gasteiger partial charge in [-0.2, -0.15) is 5.26 Å². The predicted molar refractivity (Wildman–Crippen MR) is 156 cm³/mol. The summed E-state index contributed by atoms with van der Waals surface area (Å²) in [6.45, 7) is 0. The van der Waals surface area contributed by atoms with Crippen molar-refractivity contribution in [3.8, 4) is 17.2 Å². The number of benzene rings is 3. The largest absolute Gasteiger partial charge is 0.466 e. The fourth-order valence-electron chi connectivity index (χ4n) is 5.34. The van der Waals surface area contributed by atoms with Gasteiger partial charge in [0.2, 0.25) is 5.91 Å². The number of amides is 1. The van der Waals surface area contributed by atoms with Gasteiger partial charge in [-0.3, -0.25) is 4.79 Å². The summed E-state index contributed by atoms with van der Waals surface area (Å²) < 4.78 is 19.8. The number of halogens is 1. The number of hydrogen-bond donors (Lipinski definition) is 1. The minimum absolute atomic E-state index is 0.0659. The molecule has 7 heteroatoms. The van der Waals surface area contributed by atoms with Crippen LogP contribution in [0.2, 0.25) is 0 Å². The number of hydrogen-bond acceptors (Lipinski definition) is 5. The van der Waals surface area contributed by atoms with Gasteiger partial charge < -0.3 is 15.0 Å². The molecular weight excluding hydrogens is 505 g/mol. The predicted octanol–water partition coefficient (Wildman–Crippen LogP) is 6.75. The highest BCUT2D eigenvalue weighted by atomic mass is 19.1. The highest BCUT2D eigenvalue weighted by molar-refractivity contribution is 5.96. The molecule has 1 N–H and O–H groups in total. The van der Waals surface area contributed by atoms with Crippen LogP contribution in [0.25, 0.3) is 17.2 Å². The molecule has 0 spiro atoms. The Labute approximate surface area is 235 Å². The van der Waals surface area contributed by atoms with E-state index in [1.165, 1.54) is 25.3 Å². The number of carbonyl (C=O) groups excluding carboxylic acids is 2. The molecule has 0 unspecified atom stereocenters. The minimum Gasteiger partial charge on any atom is -0.466 e. The average molecular weight is 540 g/mol. The van der Waals surface area contributed by atoms with E-state index < -0.39 is 17.2 Å². The molecule has 1 aliphatic carbocycles. The molecule has 1 saturated carbocycles. The Morgan fingerprint density at radius 2 is 1.80 bits per heavy atom. The number of methoxy groups -OCH3 is 1. The minimum atomic E-state index is -0.718. The Balaban J connectivity index is 1.59. The van der Waals surface area contributed by atoms with Crippen LogP contribution in [-0.2, 0) is 20.7 Å². The Morgan fingerprint density at radius 3 is 2.45 bits per heavy atom. The van der Waals surface area contributed by atoms with Crippen LogP contribution in [0.3, 0.4) is 0 Å². The summed E-state index contributed by atoms with van der Waals surface area (Å²) in [5, 5.41) is 12.8. The van der Waals surface area contributed by atoms with Crippen LogP contribution in [0, 0.1) is 22.6 Å². The molecule has 1 aliphatic rings. The number of nitrogens with one attached hydrogen (secondary N) is 1. The van der Waals surface area contributed by atoms with E-state index in [0.717, 1.165) is 47.7 Å². The second-order valence-corrected chi connectivity index (χ2v) is 10.5. The second-order valence-electron chi connectivity index (χ2n) is 10.5. The maximum absolute atomic E-state index is 15.2. The van der Waals surface area contributed by atoms with Gasteiger partial charge in [0.05, 0.1) is 29.8 Å². The molecule has 40 heavy (non-hydrogen) atoms. The molecule has 1 amide bonds. The molecular formula is C33H34FN3O3. The first-order valence-electron chi connectivity index (χ1n) is 13.4. The number of rotatable bonds is 8. The molecule has 4 rings (SSSR count). The number of ether oxygens (including phenoxy) is 1. The van der Waals surface area contributed by atoms with Crippen molar-refractivity contribution in [1.29, 1.82) is 5.26 Å². The molecule has 3 aromatic carbocycles. The zero-order valence-electron chi connectivity index (χ0n) is 23.2. The van der Waals surface area contributed by atoms with Crippen LogP contribution in [0.1, 0.15) is 48.8 Å². The third kappa shape index (κ3) is 6.40. The van der Waals surface area contributed by atoms with Crippen LogP contribution in [0.15, 0.2) is 66.7 Å². The zero-order valence-corrected chi connectivity index (χ0v) is 23.2. The van der Waals surface area contributed by atoms with Gasteiger partial charge in [0.25, 0.3) is 0 Å². The SMILES string of the molecule is COC(=O)/C=C/c1cccc(NC(=O)C2(Cc3ccc(-c4ccc(N(C)C)cc4)c(C#N)c3)CCCCC2)c1F. The highest BCUT2D eigenvalue weighted by Gasteiger charge is 2.40. The normalized spacial score (nSPS) is 14.4. The van der Waals surface area contributed by atoms with Crippen molar-refractivity contribution in [1.82, 2.24) is 0 Å². The number of nitrogens with zero attached hydrogens (tertiary/aromatic N) is 2. The van der Waals surface area contributed by atoms with Crippen molar-refractivity contribution >= 4 is 29.3 Å². The Hall–Kier alpha value is -4.44. The first-order valence-corrected chi connectivity index (χ1v) is 13.4. The summed E-state index contributed by atoms with van der Waals surface area (Å²) in [6, 6.07) is 20.9. The Kier molecular flexibility index (Phi) is 9.00. The molecule has 0 saturated heterocycles.